The first-order valence-corrected chi connectivity index (χ1v) is 17.3. The molecule has 4 heteroatoms. The summed E-state index contributed by atoms with van der Waals surface area (Å²) in [4.78, 5) is 5.32. The van der Waals surface area contributed by atoms with E-state index in [-0.39, 0.29) is 0 Å². The molecule has 240 valence electrons. The molecular weight excluding hydrogens is 621 g/mol. The fourth-order valence-electron chi connectivity index (χ4n) is 7.56. The third-order valence-electron chi connectivity index (χ3n) is 9.81. The summed E-state index contributed by atoms with van der Waals surface area (Å²) in [6.45, 7) is 0. The van der Waals surface area contributed by atoms with Crippen molar-refractivity contribution < 1.29 is 0 Å². The fourth-order valence-corrected chi connectivity index (χ4v) is 7.56. The van der Waals surface area contributed by atoms with Crippen LogP contribution in [0.1, 0.15) is 0 Å². The molecule has 0 aliphatic carbocycles. The molecule has 0 radical (unpaired) electrons. The van der Waals surface area contributed by atoms with Gasteiger partial charge in [0.2, 0.25) is 0 Å². The highest BCUT2D eigenvalue weighted by Crippen LogP contribution is 2.40. The summed E-state index contributed by atoms with van der Waals surface area (Å²) < 4.78 is 7.05. The van der Waals surface area contributed by atoms with Gasteiger partial charge in [0.15, 0.2) is 0 Å². The van der Waals surface area contributed by atoms with Crippen molar-refractivity contribution in [2.24, 2.45) is 0 Å². The second-order valence-corrected chi connectivity index (χ2v) is 12.9. The second kappa shape index (κ2) is 11.9. The van der Waals surface area contributed by atoms with Gasteiger partial charge in [-0.15, -0.1) is 0 Å². The van der Waals surface area contributed by atoms with Gasteiger partial charge in [0.1, 0.15) is 5.82 Å². The Morgan fingerprint density at radius 3 is 1.22 bits per heavy atom. The monoisotopic (exact) mass is 652 g/mol. The van der Waals surface area contributed by atoms with Crippen molar-refractivity contribution in [3.63, 3.8) is 0 Å². The Kier molecular flexibility index (Phi) is 6.78. The van der Waals surface area contributed by atoms with Crippen LogP contribution < -0.4 is 0 Å². The lowest BCUT2D eigenvalue weighted by Crippen LogP contribution is -2.01. The summed E-state index contributed by atoms with van der Waals surface area (Å²) in [5.74, 6) is 0.898. The molecule has 0 saturated carbocycles. The molecule has 0 unspecified atom stereocenters. The minimum atomic E-state index is 0.898. The highest BCUT2D eigenvalue weighted by Gasteiger charge is 2.21. The average Bonchev–Trinajstić information content (AvgIpc) is 3.91. The lowest BCUT2D eigenvalue weighted by atomic mass is 10.00. The van der Waals surface area contributed by atoms with E-state index in [0.29, 0.717) is 0 Å². The van der Waals surface area contributed by atoms with Crippen molar-refractivity contribution in [1.29, 1.82) is 0 Å². The second-order valence-electron chi connectivity index (χ2n) is 12.9. The SMILES string of the molecule is c1ccc(-n2c(-c3cc(-c4cc5ccccc5n4-c4ccccc4)cc(-c4nc5ccccc5n4-c4ccccc4)c3)cc3ccccc32)cc1. The molecule has 0 N–H and O–H groups in total. The van der Waals surface area contributed by atoms with Gasteiger partial charge >= 0.3 is 0 Å². The quantitative estimate of drug-likeness (QED) is 0.176. The van der Waals surface area contributed by atoms with Crippen molar-refractivity contribution in [1.82, 2.24) is 18.7 Å². The number of aromatic nitrogens is 4. The van der Waals surface area contributed by atoms with Crippen LogP contribution in [0.4, 0.5) is 0 Å². The molecule has 10 rings (SSSR count). The Balaban J connectivity index is 1.31. The van der Waals surface area contributed by atoms with Gasteiger partial charge < -0.3 is 9.13 Å². The molecule has 10 aromatic rings. The Hall–Kier alpha value is -6.91. The van der Waals surface area contributed by atoms with Gasteiger partial charge in [0.25, 0.3) is 0 Å². The molecule has 0 fully saturated rings. The zero-order chi connectivity index (χ0) is 33.7. The third kappa shape index (κ3) is 4.88. The average molecular weight is 653 g/mol. The zero-order valence-corrected chi connectivity index (χ0v) is 27.8. The molecule has 7 aromatic carbocycles. The van der Waals surface area contributed by atoms with Crippen LogP contribution in [0.3, 0.4) is 0 Å². The molecular formula is C47H32N4. The number of fused-ring (bicyclic) bond motifs is 3. The first kappa shape index (κ1) is 29.0. The van der Waals surface area contributed by atoms with Crippen molar-refractivity contribution in [3.05, 3.63) is 194 Å². The van der Waals surface area contributed by atoms with Crippen LogP contribution in [-0.2, 0) is 0 Å². The topological polar surface area (TPSA) is 27.7 Å². The van der Waals surface area contributed by atoms with Gasteiger partial charge in [0, 0.05) is 33.4 Å². The van der Waals surface area contributed by atoms with Crippen LogP contribution in [0, 0.1) is 0 Å². The molecule has 3 aromatic heterocycles. The van der Waals surface area contributed by atoms with E-state index in [4.69, 9.17) is 4.98 Å². The Morgan fingerprint density at radius 1 is 0.314 bits per heavy atom. The summed E-state index contributed by atoms with van der Waals surface area (Å²) in [6, 6.07) is 69.2. The highest BCUT2D eigenvalue weighted by molar-refractivity contribution is 5.94. The van der Waals surface area contributed by atoms with E-state index in [0.717, 1.165) is 62.0 Å². The van der Waals surface area contributed by atoms with Crippen molar-refractivity contribution >= 4 is 32.8 Å². The Labute approximate surface area is 295 Å². The predicted molar refractivity (Wildman–Crippen MR) is 211 cm³/mol. The van der Waals surface area contributed by atoms with Gasteiger partial charge in [0.05, 0.1) is 33.5 Å². The zero-order valence-electron chi connectivity index (χ0n) is 27.8. The van der Waals surface area contributed by atoms with E-state index in [2.05, 4.69) is 208 Å². The van der Waals surface area contributed by atoms with Gasteiger partial charge in [-0.25, -0.2) is 4.98 Å². The maximum atomic E-state index is 5.32. The van der Waals surface area contributed by atoms with E-state index in [1.807, 2.05) is 0 Å². The van der Waals surface area contributed by atoms with Crippen LogP contribution in [0.2, 0.25) is 0 Å². The molecule has 0 spiro atoms. The summed E-state index contributed by atoms with van der Waals surface area (Å²) in [7, 11) is 0. The third-order valence-corrected chi connectivity index (χ3v) is 9.81. The van der Waals surface area contributed by atoms with Crippen molar-refractivity contribution in [2.45, 2.75) is 0 Å². The van der Waals surface area contributed by atoms with E-state index < -0.39 is 0 Å². The molecule has 3 heterocycles. The standard InChI is InChI=1S/C47H32N4/c1-4-18-38(19-5-1)49-42-25-13-10-16-33(42)31-45(49)35-28-36(46-32-34-17-11-14-26-43(34)50(46)39-20-6-2-7-21-39)30-37(29-35)47-48-41-24-12-15-27-44(41)51(47)40-22-8-3-9-23-40/h1-32H. The number of hydrogen-bond donors (Lipinski definition) is 0. The van der Waals surface area contributed by atoms with Crippen LogP contribution >= 0.6 is 0 Å². The lowest BCUT2D eigenvalue weighted by Gasteiger charge is -2.17. The number of nitrogens with zero attached hydrogens (tertiary/aromatic N) is 4. The molecule has 51 heavy (non-hydrogen) atoms. The summed E-state index contributed by atoms with van der Waals surface area (Å²) in [6.07, 6.45) is 0. The largest absolute Gasteiger partial charge is 0.309 e. The molecule has 0 aliphatic heterocycles. The number of rotatable bonds is 6. The molecule has 0 bridgehead atoms. The molecule has 0 atom stereocenters. The van der Waals surface area contributed by atoms with E-state index >= 15 is 0 Å². The Bertz CT molecular complexity index is 2520. The highest BCUT2D eigenvalue weighted by atomic mass is 15.1. The van der Waals surface area contributed by atoms with E-state index in [1.54, 1.807) is 0 Å². The summed E-state index contributed by atoms with van der Waals surface area (Å²) in [5.41, 5.74) is 13.2. The van der Waals surface area contributed by atoms with Crippen LogP contribution in [0.5, 0.6) is 0 Å². The van der Waals surface area contributed by atoms with Crippen LogP contribution in [0.15, 0.2) is 194 Å². The molecule has 0 aliphatic rings. The van der Waals surface area contributed by atoms with Crippen LogP contribution in [0.25, 0.3) is 83.8 Å². The number of benzene rings is 7. The minimum absolute atomic E-state index is 0.898. The van der Waals surface area contributed by atoms with E-state index in [1.165, 1.54) is 21.8 Å². The van der Waals surface area contributed by atoms with Gasteiger partial charge in [-0.1, -0.05) is 103 Å². The van der Waals surface area contributed by atoms with Gasteiger partial charge in [-0.05, 0) is 102 Å². The van der Waals surface area contributed by atoms with Gasteiger partial charge in [-0.3, -0.25) is 4.57 Å². The molecule has 0 saturated heterocycles. The fraction of sp³-hybridized carbons (Fsp3) is 0. The predicted octanol–water partition coefficient (Wildman–Crippen LogP) is 11.9. The molecule has 4 nitrogen and oxygen atoms in total. The van der Waals surface area contributed by atoms with Gasteiger partial charge in [-0.2, -0.15) is 0 Å². The van der Waals surface area contributed by atoms with Crippen LogP contribution in [-0.4, -0.2) is 18.7 Å². The number of para-hydroxylation sites is 7. The Morgan fingerprint density at radius 2 is 0.706 bits per heavy atom. The first-order valence-electron chi connectivity index (χ1n) is 17.3. The van der Waals surface area contributed by atoms with E-state index in [9.17, 15) is 0 Å². The minimum Gasteiger partial charge on any atom is -0.309 e. The van der Waals surface area contributed by atoms with Crippen molar-refractivity contribution in [3.8, 4) is 51.0 Å². The molecule has 0 amide bonds. The summed E-state index contributed by atoms with van der Waals surface area (Å²) in [5, 5.41) is 2.39. The summed E-state index contributed by atoms with van der Waals surface area (Å²) >= 11 is 0. The van der Waals surface area contributed by atoms with Crippen molar-refractivity contribution in [2.75, 3.05) is 0 Å². The smallest absolute Gasteiger partial charge is 0.145 e. The normalized spacial score (nSPS) is 11.5. The lowest BCUT2D eigenvalue weighted by molar-refractivity contribution is 1.10. The maximum absolute atomic E-state index is 5.32. The number of imidazole rings is 1. The number of hydrogen-bond acceptors (Lipinski definition) is 1. The first-order chi connectivity index (χ1) is 25.3. The maximum Gasteiger partial charge on any atom is 0.145 e.